The van der Waals surface area contributed by atoms with E-state index in [1.807, 2.05) is 0 Å². The monoisotopic (exact) mass is 700 g/mol. The number of halogens is 6. The Morgan fingerprint density at radius 3 is 2.38 bits per heavy atom. The lowest BCUT2D eigenvalue weighted by Gasteiger charge is -2.24. The van der Waals surface area contributed by atoms with Crippen molar-refractivity contribution in [2.24, 2.45) is 5.73 Å². The molecule has 1 saturated carbocycles. The Morgan fingerprint density at radius 1 is 1.04 bits per heavy atom. The first kappa shape index (κ1) is 34.5. The Balaban J connectivity index is 1.39. The molecule has 4 aromatic rings. The van der Waals surface area contributed by atoms with E-state index in [2.05, 4.69) is 15.4 Å². The van der Waals surface area contributed by atoms with Crippen molar-refractivity contribution in [3.63, 3.8) is 0 Å². The van der Waals surface area contributed by atoms with Crippen LogP contribution in [0.4, 0.5) is 36.8 Å². The minimum Gasteiger partial charge on any atom is -0.443 e. The van der Waals surface area contributed by atoms with E-state index in [4.69, 9.17) is 10.5 Å². The second-order valence-corrected chi connectivity index (χ2v) is 13.1. The van der Waals surface area contributed by atoms with Crippen LogP contribution in [0.25, 0.3) is 11.1 Å². The van der Waals surface area contributed by atoms with Crippen molar-refractivity contribution in [2.75, 3.05) is 11.4 Å². The maximum atomic E-state index is 14.4. The summed E-state index contributed by atoms with van der Waals surface area (Å²) < 4.78 is 91.9. The van der Waals surface area contributed by atoms with Gasteiger partial charge in [-0.3, -0.25) is 24.2 Å². The summed E-state index contributed by atoms with van der Waals surface area (Å²) in [6.45, 7) is 3.83. The zero-order valence-electron chi connectivity index (χ0n) is 26.9. The average Bonchev–Trinajstić information content (AvgIpc) is 3.36. The number of anilines is 1. The van der Waals surface area contributed by atoms with Crippen molar-refractivity contribution in [2.45, 2.75) is 63.4 Å². The summed E-state index contributed by atoms with van der Waals surface area (Å²) in [6.07, 6.45) is -4.59. The van der Waals surface area contributed by atoms with Gasteiger partial charge >= 0.3 is 12.3 Å². The van der Waals surface area contributed by atoms with Gasteiger partial charge in [-0.2, -0.15) is 18.3 Å². The van der Waals surface area contributed by atoms with E-state index in [9.17, 15) is 40.7 Å². The Kier molecular flexibility index (Phi) is 8.39. The number of ether oxygens (including phenoxy) is 1. The second-order valence-electron chi connectivity index (χ2n) is 13.1. The number of pyridine rings is 1. The topological polar surface area (TPSA) is 132 Å². The molecule has 2 aliphatic rings. The van der Waals surface area contributed by atoms with E-state index >= 15 is 0 Å². The van der Waals surface area contributed by atoms with Crippen molar-refractivity contribution in [1.82, 2.24) is 20.1 Å². The molecule has 50 heavy (non-hydrogen) atoms. The van der Waals surface area contributed by atoms with Crippen LogP contribution in [-0.2, 0) is 34.2 Å². The third-order valence-electron chi connectivity index (χ3n) is 8.43. The van der Waals surface area contributed by atoms with Crippen molar-refractivity contribution in [3.8, 4) is 11.1 Å². The van der Waals surface area contributed by atoms with E-state index in [0.29, 0.717) is 11.6 Å². The number of nitrogens with two attached hydrogens (primary N) is 1. The molecule has 3 amide bonds. The number of fused-ring (bicyclic) bond motifs is 1. The molecule has 1 aliphatic carbocycles. The molecule has 0 bridgehead atoms. The predicted molar refractivity (Wildman–Crippen MR) is 166 cm³/mol. The highest BCUT2D eigenvalue weighted by molar-refractivity contribution is 5.95. The zero-order valence-corrected chi connectivity index (χ0v) is 26.9. The number of amides is 3. The molecule has 2 aromatic carbocycles. The molecule has 1 unspecified atom stereocenters. The minimum absolute atomic E-state index is 0.0178. The summed E-state index contributed by atoms with van der Waals surface area (Å²) in [5, 5.41) is 6.51. The van der Waals surface area contributed by atoms with Crippen LogP contribution in [0.2, 0.25) is 0 Å². The number of hydrogen-bond acceptors (Lipinski definition) is 6. The summed E-state index contributed by atoms with van der Waals surface area (Å²) in [5.74, 6) is -5.25. The fourth-order valence-electron chi connectivity index (χ4n) is 6.37. The molecule has 262 valence electrons. The molecule has 1 aliphatic heterocycles. The number of aromatic nitrogens is 3. The molecule has 16 heteroatoms. The smallest absolute Gasteiger partial charge is 0.437 e. The summed E-state index contributed by atoms with van der Waals surface area (Å²) in [6, 6.07) is 9.58. The van der Waals surface area contributed by atoms with Gasteiger partial charge in [0.2, 0.25) is 5.91 Å². The number of alkyl halides is 3. The third kappa shape index (κ3) is 6.48. The van der Waals surface area contributed by atoms with Crippen LogP contribution in [-0.4, -0.2) is 44.8 Å². The van der Waals surface area contributed by atoms with Gasteiger partial charge < -0.3 is 15.8 Å². The molecular formula is C34H30F6N6O4. The maximum Gasteiger partial charge on any atom is 0.437 e. The molecule has 10 nitrogen and oxygen atoms in total. The summed E-state index contributed by atoms with van der Waals surface area (Å²) >= 11 is 0. The fraction of sp³-hybridized carbons (Fsp3) is 0.324. The number of rotatable bonds is 7. The molecule has 0 saturated heterocycles. The molecule has 1 fully saturated rings. The third-order valence-corrected chi connectivity index (χ3v) is 8.43. The number of hydrogen-bond donors (Lipinski definition) is 2. The van der Waals surface area contributed by atoms with E-state index in [1.54, 1.807) is 32.9 Å². The van der Waals surface area contributed by atoms with Crippen LogP contribution in [0.3, 0.4) is 0 Å². The van der Waals surface area contributed by atoms with Gasteiger partial charge in [-0.15, -0.1) is 0 Å². The molecule has 0 radical (unpaired) electrons. The molecule has 6 rings (SSSR count). The van der Waals surface area contributed by atoms with Gasteiger partial charge in [0.05, 0.1) is 22.5 Å². The molecular weight excluding hydrogens is 670 g/mol. The van der Waals surface area contributed by atoms with Gasteiger partial charge in [-0.05, 0) is 68.7 Å². The quantitative estimate of drug-likeness (QED) is 0.228. The average molecular weight is 701 g/mol. The van der Waals surface area contributed by atoms with Crippen molar-refractivity contribution in [1.29, 1.82) is 0 Å². The highest BCUT2D eigenvalue weighted by Gasteiger charge is 2.59. The molecule has 2 atom stereocenters. The number of nitrogens with one attached hydrogen (secondary N) is 1. The van der Waals surface area contributed by atoms with Gasteiger partial charge in [0.15, 0.2) is 5.69 Å². The number of carbonyl (C=O) groups is 3. The first-order valence-electron chi connectivity index (χ1n) is 15.4. The summed E-state index contributed by atoms with van der Waals surface area (Å²) in [5.41, 5.74) is 1.55. The highest BCUT2D eigenvalue weighted by Crippen LogP contribution is 2.60. The first-order valence-corrected chi connectivity index (χ1v) is 15.4. The Morgan fingerprint density at radius 2 is 1.74 bits per heavy atom. The molecule has 2 aromatic heterocycles. The predicted octanol–water partition coefficient (Wildman–Crippen LogP) is 5.98. The van der Waals surface area contributed by atoms with Gasteiger partial charge in [-0.25, -0.2) is 18.0 Å². The van der Waals surface area contributed by atoms with Crippen molar-refractivity contribution < 1.29 is 45.5 Å². The summed E-state index contributed by atoms with van der Waals surface area (Å²) in [4.78, 5) is 43.9. The standard InChI is InChI=1S/C34H30F6N6O4/c1-32(2,3)50-31(49)45-10-8-25-27(45)29(34(38,39)40)44-46(25)16-26(47)43-33(15-23(33)18-11-19(35)14-20(36)12-18)28-21(5-4-9-42-28)17-6-7-24(37)22(13-17)30(41)48/h4-7,9,11-14,23H,8,10,15-16H2,1-3H3,(H2,41,48)(H,43,47)/t23-,33?/m1/s1. The molecule has 3 heterocycles. The zero-order chi connectivity index (χ0) is 36.3. The number of primary amides is 1. The lowest BCUT2D eigenvalue weighted by atomic mass is 9.94. The van der Waals surface area contributed by atoms with Crippen LogP contribution < -0.4 is 16.0 Å². The lowest BCUT2D eigenvalue weighted by molar-refractivity contribution is -0.141. The number of carbonyl (C=O) groups excluding carboxylic acids is 3. The SMILES string of the molecule is CC(C)(C)OC(=O)N1CCc2c1c(C(F)(F)F)nn2CC(=O)NC1(c2ncccc2-c2ccc(F)c(C(N)=O)c2)C[C@@H]1c1cc(F)cc(F)c1. The van der Waals surface area contributed by atoms with Crippen LogP contribution in [0.15, 0.2) is 54.7 Å². The van der Waals surface area contributed by atoms with E-state index in [1.165, 1.54) is 18.3 Å². The summed E-state index contributed by atoms with van der Waals surface area (Å²) in [7, 11) is 0. The molecule has 0 spiro atoms. The Labute approximate surface area is 281 Å². The molecule has 3 N–H and O–H groups in total. The van der Waals surface area contributed by atoms with Crippen LogP contribution in [0.5, 0.6) is 0 Å². The van der Waals surface area contributed by atoms with Gasteiger partial charge in [0.25, 0.3) is 5.91 Å². The van der Waals surface area contributed by atoms with Crippen LogP contribution >= 0.6 is 0 Å². The van der Waals surface area contributed by atoms with Crippen molar-refractivity contribution in [3.05, 3.63) is 100 Å². The lowest BCUT2D eigenvalue weighted by Crippen LogP contribution is -2.39. The van der Waals surface area contributed by atoms with Gasteiger partial charge in [-0.1, -0.05) is 12.1 Å². The highest BCUT2D eigenvalue weighted by atomic mass is 19.4. The Bertz CT molecular complexity index is 2020. The normalized spacial score (nSPS) is 18.5. The number of benzene rings is 2. The minimum atomic E-state index is -4.98. The van der Waals surface area contributed by atoms with E-state index in [-0.39, 0.29) is 41.9 Å². The van der Waals surface area contributed by atoms with Crippen LogP contribution in [0.1, 0.15) is 66.1 Å². The number of nitrogens with zero attached hydrogens (tertiary/aromatic N) is 4. The Hall–Kier alpha value is -5.41. The van der Waals surface area contributed by atoms with Gasteiger partial charge in [0.1, 0.15) is 35.3 Å². The maximum absolute atomic E-state index is 14.4. The largest absolute Gasteiger partial charge is 0.443 e. The van der Waals surface area contributed by atoms with Crippen LogP contribution in [0, 0.1) is 17.5 Å². The second kappa shape index (κ2) is 12.2. The first-order chi connectivity index (χ1) is 23.4. The van der Waals surface area contributed by atoms with E-state index in [0.717, 1.165) is 27.8 Å². The van der Waals surface area contributed by atoms with Crippen molar-refractivity contribution >= 4 is 23.6 Å². The van der Waals surface area contributed by atoms with Gasteiger partial charge in [0, 0.05) is 36.7 Å². The fourth-order valence-corrected chi connectivity index (χ4v) is 6.37. The van der Waals surface area contributed by atoms with E-state index < -0.39 is 82.1 Å².